The Balaban J connectivity index is 2.65. The second-order valence-electron chi connectivity index (χ2n) is 7.24. The van der Waals surface area contributed by atoms with Gasteiger partial charge in [0.2, 0.25) is 0 Å². The van der Waals surface area contributed by atoms with Gasteiger partial charge in [-0.15, -0.1) is 0 Å². The monoisotopic (exact) mass is 256 g/mol. The average Bonchev–Trinajstić information content (AvgIpc) is 3.05. The molecule has 1 heterocycles. The van der Waals surface area contributed by atoms with E-state index >= 15 is 0 Å². The van der Waals surface area contributed by atoms with E-state index < -0.39 is 0 Å². The molecular weight excluding hydrogens is 228 g/mol. The topological polar surface area (TPSA) is 38.8 Å². The van der Waals surface area contributed by atoms with E-state index in [9.17, 15) is 4.79 Å². The Morgan fingerprint density at radius 3 is 2.28 bits per heavy atom. The molecule has 0 bridgehead atoms. The highest BCUT2D eigenvalue weighted by Gasteiger charge is 2.38. The summed E-state index contributed by atoms with van der Waals surface area (Å²) in [5.74, 6) is -0.103. The first kappa shape index (κ1) is 15.5. The summed E-state index contributed by atoms with van der Waals surface area (Å²) in [6, 6.07) is 0. The number of ether oxygens (including phenoxy) is 2. The predicted octanol–water partition coefficient (Wildman–Crippen LogP) is 3.42. The zero-order chi connectivity index (χ0) is 14.0. The van der Waals surface area contributed by atoms with Crippen LogP contribution in [-0.2, 0) is 14.3 Å². The van der Waals surface area contributed by atoms with Crippen molar-refractivity contribution >= 4 is 5.97 Å². The van der Waals surface area contributed by atoms with Crippen molar-refractivity contribution in [3.05, 3.63) is 0 Å². The van der Waals surface area contributed by atoms with Crippen molar-refractivity contribution < 1.29 is 14.3 Å². The van der Waals surface area contributed by atoms with Gasteiger partial charge in [-0.1, -0.05) is 48.0 Å². The van der Waals surface area contributed by atoms with Crippen molar-refractivity contribution in [2.24, 2.45) is 16.7 Å². The molecule has 0 amide bonds. The van der Waals surface area contributed by atoms with Crippen LogP contribution in [-0.4, -0.2) is 25.3 Å². The van der Waals surface area contributed by atoms with Crippen molar-refractivity contribution in [1.82, 2.24) is 0 Å². The van der Waals surface area contributed by atoms with Crippen molar-refractivity contribution in [2.75, 3.05) is 13.2 Å². The fourth-order valence-electron chi connectivity index (χ4n) is 1.98. The van der Waals surface area contributed by atoms with E-state index in [1.165, 1.54) is 0 Å². The minimum Gasteiger partial charge on any atom is -0.463 e. The molecule has 0 aromatic heterocycles. The minimum absolute atomic E-state index is 0.0191. The minimum atomic E-state index is -0.0627. The number of carbonyl (C=O) groups excluding carboxylic acids is 1. The van der Waals surface area contributed by atoms with Crippen molar-refractivity contribution in [2.45, 2.75) is 60.5 Å². The van der Waals surface area contributed by atoms with E-state index in [4.69, 9.17) is 9.47 Å². The van der Waals surface area contributed by atoms with Crippen LogP contribution >= 0.6 is 0 Å². The first-order valence-corrected chi connectivity index (χ1v) is 6.94. The zero-order valence-corrected chi connectivity index (χ0v) is 12.7. The summed E-state index contributed by atoms with van der Waals surface area (Å²) in [6.07, 6.45) is 1.98. The molecule has 0 aliphatic carbocycles. The molecule has 2 atom stereocenters. The average molecular weight is 256 g/mol. The van der Waals surface area contributed by atoms with Gasteiger partial charge in [-0.3, -0.25) is 4.79 Å². The molecule has 0 saturated carbocycles. The molecule has 106 valence electrons. The lowest BCUT2D eigenvalue weighted by molar-refractivity contribution is -0.155. The molecule has 1 aliphatic heterocycles. The Hall–Kier alpha value is -0.570. The van der Waals surface area contributed by atoms with Crippen LogP contribution in [0.1, 0.15) is 54.4 Å². The van der Waals surface area contributed by atoms with Crippen molar-refractivity contribution in [3.63, 3.8) is 0 Å². The molecule has 3 heteroatoms. The molecule has 0 radical (unpaired) electrons. The molecule has 1 rings (SSSR count). The zero-order valence-electron chi connectivity index (χ0n) is 12.7. The maximum absolute atomic E-state index is 12.3. The van der Waals surface area contributed by atoms with Crippen LogP contribution in [0.5, 0.6) is 0 Å². The highest BCUT2D eigenvalue weighted by Crippen LogP contribution is 2.39. The van der Waals surface area contributed by atoms with Gasteiger partial charge in [-0.05, 0) is 17.3 Å². The van der Waals surface area contributed by atoms with Crippen molar-refractivity contribution in [1.29, 1.82) is 0 Å². The highest BCUT2D eigenvalue weighted by molar-refractivity contribution is 5.73. The molecule has 1 aliphatic rings. The molecule has 3 nitrogen and oxygen atoms in total. The Morgan fingerprint density at radius 1 is 1.33 bits per heavy atom. The standard InChI is InChI=1S/C15H28O3/c1-7-15(5,6)12(8-14(2,3)4)13(16)18-10-11-9-17-11/h11-12H,7-10H2,1-6H3. The molecule has 1 fully saturated rings. The summed E-state index contributed by atoms with van der Waals surface area (Å²) in [7, 11) is 0. The molecule has 2 unspecified atom stereocenters. The number of carbonyl (C=O) groups is 1. The van der Waals surface area contributed by atoms with Crippen LogP contribution in [0.4, 0.5) is 0 Å². The Kier molecular flexibility index (Phi) is 4.82. The third-order valence-corrected chi connectivity index (χ3v) is 3.77. The van der Waals surface area contributed by atoms with Gasteiger partial charge in [-0.25, -0.2) is 0 Å². The maximum atomic E-state index is 12.3. The van der Waals surface area contributed by atoms with Crippen LogP contribution in [0.15, 0.2) is 0 Å². The molecular formula is C15H28O3. The van der Waals surface area contributed by atoms with Gasteiger partial charge in [0, 0.05) is 0 Å². The highest BCUT2D eigenvalue weighted by atomic mass is 16.6. The summed E-state index contributed by atoms with van der Waals surface area (Å²) < 4.78 is 10.5. The van der Waals surface area contributed by atoms with E-state index in [2.05, 4.69) is 41.5 Å². The van der Waals surface area contributed by atoms with Gasteiger partial charge in [0.1, 0.15) is 12.7 Å². The van der Waals surface area contributed by atoms with Crippen LogP contribution in [0, 0.1) is 16.7 Å². The van der Waals surface area contributed by atoms with Crippen LogP contribution in [0.3, 0.4) is 0 Å². The molecule has 0 aromatic rings. The number of esters is 1. The van der Waals surface area contributed by atoms with Gasteiger partial charge >= 0.3 is 5.97 Å². The first-order chi connectivity index (χ1) is 8.15. The van der Waals surface area contributed by atoms with E-state index in [0.717, 1.165) is 19.4 Å². The van der Waals surface area contributed by atoms with Gasteiger partial charge < -0.3 is 9.47 Å². The summed E-state index contributed by atoms with van der Waals surface area (Å²) in [5, 5.41) is 0. The third kappa shape index (κ3) is 4.97. The summed E-state index contributed by atoms with van der Waals surface area (Å²) in [6.45, 7) is 14.1. The lowest BCUT2D eigenvalue weighted by atomic mass is 9.70. The summed E-state index contributed by atoms with van der Waals surface area (Å²) in [5.41, 5.74) is 0.112. The Morgan fingerprint density at radius 2 is 1.89 bits per heavy atom. The molecule has 1 saturated heterocycles. The van der Waals surface area contributed by atoms with E-state index in [0.29, 0.717) is 6.61 Å². The van der Waals surface area contributed by atoms with Gasteiger partial charge in [0.15, 0.2) is 0 Å². The number of hydrogen-bond donors (Lipinski definition) is 0. The lowest BCUT2D eigenvalue weighted by Gasteiger charge is -2.35. The van der Waals surface area contributed by atoms with E-state index in [1.54, 1.807) is 0 Å². The molecule has 0 N–H and O–H groups in total. The summed E-state index contributed by atoms with van der Waals surface area (Å²) in [4.78, 5) is 12.3. The van der Waals surface area contributed by atoms with Crippen LogP contribution in [0.2, 0.25) is 0 Å². The summed E-state index contributed by atoms with van der Waals surface area (Å²) >= 11 is 0. The number of rotatable bonds is 6. The molecule has 0 spiro atoms. The second-order valence-corrected chi connectivity index (χ2v) is 7.24. The smallest absolute Gasteiger partial charge is 0.309 e. The first-order valence-electron chi connectivity index (χ1n) is 6.94. The number of epoxide rings is 1. The van der Waals surface area contributed by atoms with Gasteiger partial charge in [0.05, 0.1) is 12.5 Å². The fraction of sp³-hybridized carbons (Fsp3) is 0.933. The lowest BCUT2D eigenvalue weighted by Crippen LogP contribution is -2.35. The third-order valence-electron chi connectivity index (χ3n) is 3.77. The second kappa shape index (κ2) is 5.60. The predicted molar refractivity (Wildman–Crippen MR) is 72.3 cm³/mol. The van der Waals surface area contributed by atoms with E-state index in [-0.39, 0.29) is 28.8 Å². The normalized spacial score (nSPS) is 21.6. The molecule has 0 aromatic carbocycles. The molecule has 18 heavy (non-hydrogen) atoms. The van der Waals surface area contributed by atoms with Crippen LogP contribution < -0.4 is 0 Å². The van der Waals surface area contributed by atoms with Gasteiger partial charge in [0.25, 0.3) is 0 Å². The fourth-order valence-corrected chi connectivity index (χ4v) is 1.98. The number of hydrogen-bond acceptors (Lipinski definition) is 3. The largest absolute Gasteiger partial charge is 0.463 e. The van der Waals surface area contributed by atoms with Crippen LogP contribution in [0.25, 0.3) is 0 Å². The van der Waals surface area contributed by atoms with Gasteiger partial charge in [-0.2, -0.15) is 0 Å². The SMILES string of the molecule is CCC(C)(C)C(CC(C)(C)C)C(=O)OCC1CO1. The maximum Gasteiger partial charge on any atom is 0.309 e. The van der Waals surface area contributed by atoms with Crippen molar-refractivity contribution in [3.8, 4) is 0 Å². The Bertz CT molecular complexity index is 285. The quantitative estimate of drug-likeness (QED) is 0.540. The Labute approximate surface area is 111 Å². The van der Waals surface area contributed by atoms with E-state index in [1.807, 2.05) is 0 Å².